The maximum atomic E-state index is 11.8. The molecule has 0 aliphatic carbocycles. The van der Waals surface area contributed by atoms with Crippen LogP contribution in [0.5, 0.6) is 0 Å². The Morgan fingerprint density at radius 2 is 1.40 bits per heavy atom. The molecule has 0 amide bonds. The maximum Gasteiger partial charge on any atom is 0.597 e. The Hall–Kier alpha value is -1.55. The maximum absolute atomic E-state index is 11.8. The van der Waals surface area contributed by atoms with Crippen LogP contribution in [0.3, 0.4) is 0 Å². The van der Waals surface area contributed by atoms with Crippen molar-refractivity contribution in [3.8, 4) is 0 Å². The molecule has 3 N–H and O–H groups in total. The molecule has 0 fully saturated rings. The standard InChI is InChI=1S/C12H8O2P.H3O4P/c13-15-12-8-4-2-6-10(12)9-5-1-3-7-11(9)14-15;1-5(2,3)4/h1-8H;(H3,1,2,3,4)/q+1;. The lowest BCUT2D eigenvalue weighted by Crippen LogP contribution is -1.73. The van der Waals surface area contributed by atoms with E-state index in [1.807, 2.05) is 48.5 Å². The summed E-state index contributed by atoms with van der Waals surface area (Å²) in [5, 5.41) is 2.81. The van der Waals surface area contributed by atoms with Crippen LogP contribution >= 0.6 is 15.5 Å². The van der Waals surface area contributed by atoms with E-state index in [4.69, 9.17) is 23.4 Å². The minimum atomic E-state index is -4.64. The highest BCUT2D eigenvalue weighted by Crippen LogP contribution is 2.34. The highest BCUT2D eigenvalue weighted by atomic mass is 31.2. The van der Waals surface area contributed by atoms with Gasteiger partial charge in [0.25, 0.3) is 0 Å². The van der Waals surface area contributed by atoms with Gasteiger partial charge in [0.05, 0.1) is 0 Å². The van der Waals surface area contributed by atoms with Gasteiger partial charge in [-0.15, -0.1) is 0 Å². The molecule has 6 nitrogen and oxygen atoms in total. The van der Waals surface area contributed by atoms with Crippen molar-refractivity contribution in [3.05, 3.63) is 48.5 Å². The first-order valence-electron chi connectivity index (χ1n) is 5.48. The van der Waals surface area contributed by atoms with Gasteiger partial charge >= 0.3 is 15.5 Å². The van der Waals surface area contributed by atoms with E-state index < -0.39 is 15.5 Å². The third-order valence-electron chi connectivity index (χ3n) is 2.46. The normalized spacial score (nSPS) is 12.1. The Morgan fingerprint density at radius 1 is 0.900 bits per heavy atom. The molecule has 1 atom stereocenters. The Kier molecular flexibility index (Phi) is 4.33. The van der Waals surface area contributed by atoms with Crippen molar-refractivity contribution in [1.29, 1.82) is 0 Å². The van der Waals surface area contributed by atoms with Crippen LogP contribution in [-0.2, 0) is 9.13 Å². The van der Waals surface area contributed by atoms with E-state index in [2.05, 4.69) is 0 Å². The van der Waals surface area contributed by atoms with E-state index in [-0.39, 0.29) is 0 Å². The summed E-state index contributed by atoms with van der Waals surface area (Å²) in [7, 11) is -6.38. The Balaban J connectivity index is 0.000000257. The van der Waals surface area contributed by atoms with Gasteiger partial charge in [0.15, 0.2) is 5.58 Å². The van der Waals surface area contributed by atoms with Gasteiger partial charge in [-0.1, -0.05) is 30.3 Å². The third kappa shape index (κ3) is 3.73. The number of hydrogen-bond donors (Lipinski definition) is 3. The number of phosphoric acid groups is 1. The number of rotatable bonds is 0. The summed E-state index contributed by atoms with van der Waals surface area (Å²) in [6.45, 7) is 0. The molecule has 104 valence electrons. The van der Waals surface area contributed by atoms with Crippen molar-refractivity contribution in [3.63, 3.8) is 0 Å². The molecule has 0 spiro atoms. The largest absolute Gasteiger partial charge is 0.597 e. The molecule has 0 radical (unpaired) electrons. The van der Waals surface area contributed by atoms with Crippen molar-refractivity contribution in [2.45, 2.75) is 0 Å². The van der Waals surface area contributed by atoms with E-state index >= 15 is 0 Å². The predicted molar refractivity (Wildman–Crippen MR) is 75.6 cm³/mol. The summed E-state index contributed by atoms with van der Waals surface area (Å²) < 4.78 is 26.0. The molecular weight excluding hydrogens is 302 g/mol. The fourth-order valence-corrected chi connectivity index (χ4v) is 2.80. The highest BCUT2D eigenvalue weighted by Gasteiger charge is 2.14. The number of hydrogen-bond acceptors (Lipinski definition) is 3. The predicted octanol–water partition coefficient (Wildman–Crippen LogP) is 3.40. The lowest BCUT2D eigenvalue weighted by Gasteiger charge is -1.94. The topological polar surface area (TPSA) is 108 Å². The van der Waals surface area contributed by atoms with E-state index in [9.17, 15) is 4.57 Å². The van der Waals surface area contributed by atoms with Gasteiger partial charge in [-0.25, -0.2) is 8.76 Å². The quantitative estimate of drug-likeness (QED) is 0.433. The molecule has 0 saturated carbocycles. The number of benzene rings is 2. The SMILES string of the molecule is O=P(O)(O)O.O=[p+]1oc2ccccc2c2ccccc21. The molecule has 3 aromatic rings. The van der Waals surface area contributed by atoms with Crippen molar-refractivity contribution in [1.82, 2.24) is 0 Å². The zero-order valence-corrected chi connectivity index (χ0v) is 11.9. The summed E-state index contributed by atoms with van der Waals surface area (Å²) in [6.07, 6.45) is 0. The molecule has 0 aliphatic rings. The molecule has 1 heterocycles. The fraction of sp³-hybridized carbons (Fsp3) is 0. The second-order valence-corrected chi connectivity index (χ2v) is 6.08. The van der Waals surface area contributed by atoms with E-state index in [1.165, 1.54) is 0 Å². The van der Waals surface area contributed by atoms with E-state index in [1.54, 1.807) is 0 Å². The minimum absolute atomic E-state index is 0.706. The van der Waals surface area contributed by atoms with Gasteiger partial charge in [0.2, 0.25) is 5.12 Å². The van der Waals surface area contributed by atoms with Gasteiger partial charge < -0.3 is 14.7 Å². The van der Waals surface area contributed by atoms with Crippen LogP contribution in [0.25, 0.3) is 21.5 Å². The first kappa shape index (κ1) is 14.9. The number of fused-ring (bicyclic) bond motifs is 3. The van der Waals surface area contributed by atoms with Crippen LogP contribution in [0.1, 0.15) is 0 Å². The second-order valence-electron chi connectivity index (χ2n) is 3.87. The average molecular weight is 313 g/mol. The summed E-state index contributed by atoms with van der Waals surface area (Å²) >= 11 is 0. The molecule has 2 aromatic carbocycles. The van der Waals surface area contributed by atoms with E-state index in [0.29, 0.717) is 5.58 Å². The third-order valence-corrected chi connectivity index (χ3v) is 3.61. The first-order valence-corrected chi connectivity index (χ1v) is 8.22. The Bertz CT molecular complexity index is 843. The van der Waals surface area contributed by atoms with Crippen LogP contribution in [0.15, 0.2) is 52.7 Å². The highest BCUT2D eigenvalue weighted by molar-refractivity contribution is 7.45. The summed E-state index contributed by atoms with van der Waals surface area (Å²) in [5.74, 6) is 0. The van der Waals surface area contributed by atoms with Crippen LogP contribution < -0.4 is 0 Å². The molecule has 1 unspecified atom stereocenters. The molecule has 3 rings (SSSR count). The van der Waals surface area contributed by atoms with Crippen molar-refractivity contribution >= 4 is 36.9 Å². The molecular formula is C12H11O6P2+. The lowest BCUT2D eigenvalue weighted by atomic mass is 10.1. The van der Waals surface area contributed by atoms with Gasteiger partial charge in [-0.05, 0) is 22.8 Å². The van der Waals surface area contributed by atoms with Gasteiger partial charge in [0, 0.05) is 10.8 Å². The fourth-order valence-electron chi connectivity index (χ4n) is 1.77. The molecule has 1 aromatic heterocycles. The summed E-state index contributed by atoms with van der Waals surface area (Å²) in [5.41, 5.74) is 0.706. The van der Waals surface area contributed by atoms with Crippen molar-refractivity contribution in [2.75, 3.05) is 0 Å². The minimum Gasteiger partial charge on any atom is -0.303 e. The zero-order valence-electron chi connectivity index (χ0n) is 10.1. The number of para-hydroxylation sites is 1. The van der Waals surface area contributed by atoms with Crippen LogP contribution in [0.4, 0.5) is 0 Å². The van der Waals surface area contributed by atoms with Crippen molar-refractivity contribution < 1.29 is 28.0 Å². The monoisotopic (exact) mass is 313 g/mol. The van der Waals surface area contributed by atoms with Gasteiger partial charge in [0.1, 0.15) is 0 Å². The second kappa shape index (κ2) is 5.83. The average Bonchev–Trinajstić information content (AvgIpc) is 2.37. The van der Waals surface area contributed by atoms with Gasteiger partial charge in [-0.2, -0.15) is 0 Å². The molecule has 0 saturated heterocycles. The Morgan fingerprint density at radius 3 is 2.05 bits per heavy atom. The van der Waals surface area contributed by atoms with E-state index in [0.717, 1.165) is 15.9 Å². The zero-order chi connectivity index (χ0) is 14.8. The first-order chi connectivity index (χ1) is 9.36. The summed E-state index contributed by atoms with van der Waals surface area (Å²) in [6, 6.07) is 15.3. The van der Waals surface area contributed by atoms with Crippen molar-refractivity contribution in [2.24, 2.45) is 0 Å². The van der Waals surface area contributed by atoms with Crippen LogP contribution in [-0.4, -0.2) is 14.7 Å². The lowest BCUT2D eigenvalue weighted by molar-refractivity contribution is 0.275. The Labute approximate surface area is 114 Å². The van der Waals surface area contributed by atoms with Crippen LogP contribution in [0.2, 0.25) is 0 Å². The smallest absolute Gasteiger partial charge is 0.303 e. The van der Waals surface area contributed by atoms with Gasteiger partial charge in [-0.3, -0.25) is 0 Å². The summed E-state index contributed by atoms with van der Waals surface area (Å²) in [4.78, 5) is 21.6. The molecule has 20 heavy (non-hydrogen) atoms. The van der Waals surface area contributed by atoms with Crippen LogP contribution in [0, 0.1) is 0 Å². The molecule has 8 heteroatoms. The molecule has 0 aliphatic heterocycles. The molecule has 0 bridgehead atoms.